The summed E-state index contributed by atoms with van der Waals surface area (Å²) >= 11 is 9.33. The second-order valence-corrected chi connectivity index (χ2v) is 5.15. The maximum atomic E-state index is 11.6. The van der Waals surface area contributed by atoms with Crippen LogP contribution >= 0.6 is 27.5 Å². The number of benzene rings is 1. The number of hydrogen-bond acceptors (Lipinski definition) is 5. The lowest BCUT2D eigenvalue weighted by Gasteiger charge is -2.12. The average molecular weight is 357 g/mol. The third-order valence-electron chi connectivity index (χ3n) is 2.58. The second kappa shape index (κ2) is 6.11. The van der Waals surface area contributed by atoms with E-state index in [0.717, 1.165) is 4.47 Å². The summed E-state index contributed by atoms with van der Waals surface area (Å²) in [4.78, 5) is 15.7. The maximum Gasteiger partial charge on any atom is 0.340 e. The van der Waals surface area contributed by atoms with Crippen LogP contribution in [0.3, 0.4) is 0 Å². The van der Waals surface area contributed by atoms with Crippen molar-refractivity contribution in [3.63, 3.8) is 0 Å². The van der Waals surface area contributed by atoms with Gasteiger partial charge in [0.2, 0.25) is 0 Å². The summed E-state index contributed by atoms with van der Waals surface area (Å²) in [7, 11) is 1.29. The van der Waals surface area contributed by atoms with Gasteiger partial charge in [-0.15, -0.1) is 0 Å². The van der Waals surface area contributed by atoms with Crippen molar-refractivity contribution in [2.75, 3.05) is 18.2 Å². The van der Waals surface area contributed by atoms with Gasteiger partial charge in [0.05, 0.1) is 24.0 Å². The number of carbonyl (C=O) groups is 1. The van der Waals surface area contributed by atoms with Gasteiger partial charge in [-0.2, -0.15) is 0 Å². The molecule has 0 aliphatic carbocycles. The number of anilines is 3. The molecule has 104 valence electrons. The topological polar surface area (TPSA) is 77.2 Å². The number of aromatic nitrogens is 1. The minimum atomic E-state index is -0.516. The first-order chi connectivity index (χ1) is 9.52. The van der Waals surface area contributed by atoms with Gasteiger partial charge >= 0.3 is 5.97 Å². The largest absolute Gasteiger partial charge is 0.465 e. The number of nitrogens with two attached hydrogens (primary N) is 1. The number of methoxy groups -OCH3 is 1. The Kier molecular flexibility index (Phi) is 4.46. The van der Waals surface area contributed by atoms with Gasteiger partial charge in [-0.1, -0.05) is 11.6 Å². The van der Waals surface area contributed by atoms with E-state index in [4.69, 9.17) is 17.3 Å². The van der Waals surface area contributed by atoms with E-state index in [0.29, 0.717) is 16.5 Å². The molecule has 0 atom stereocenters. The van der Waals surface area contributed by atoms with Crippen molar-refractivity contribution >= 4 is 50.7 Å². The summed E-state index contributed by atoms with van der Waals surface area (Å²) in [6.45, 7) is 0. The van der Waals surface area contributed by atoms with Crippen LogP contribution in [0.1, 0.15) is 10.4 Å². The van der Waals surface area contributed by atoms with Crippen molar-refractivity contribution < 1.29 is 9.53 Å². The van der Waals surface area contributed by atoms with Gasteiger partial charge in [0.25, 0.3) is 0 Å². The number of rotatable bonds is 3. The molecule has 0 amide bonds. The zero-order valence-electron chi connectivity index (χ0n) is 10.5. The van der Waals surface area contributed by atoms with E-state index in [-0.39, 0.29) is 11.3 Å². The number of nitrogen functional groups attached to an aromatic ring is 1. The molecule has 0 bridgehead atoms. The molecule has 20 heavy (non-hydrogen) atoms. The van der Waals surface area contributed by atoms with Crippen molar-refractivity contribution in [1.82, 2.24) is 4.98 Å². The third kappa shape index (κ3) is 3.02. The first kappa shape index (κ1) is 14.6. The van der Waals surface area contributed by atoms with Gasteiger partial charge < -0.3 is 15.8 Å². The number of esters is 1. The molecule has 0 fully saturated rings. The van der Waals surface area contributed by atoms with E-state index in [1.54, 1.807) is 18.2 Å². The fourth-order valence-electron chi connectivity index (χ4n) is 1.58. The summed E-state index contributed by atoms with van der Waals surface area (Å²) in [5.41, 5.74) is 7.08. The summed E-state index contributed by atoms with van der Waals surface area (Å²) in [6.07, 6.45) is 1.48. The third-order valence-corrected chi connectivity index (χ3v) is 3.50. The van der Waals surface area contributed by atoms with Crippen LogP contribution in [-0.4, -0.2) is 18.1 Å². The Bertz CT molecular complexity index is 664. The highest BCUT2D eigenvalue weighted by atomic mass is 79.9. The molecule has 1 heterocycles. The molecule has 0 aliphatic rings. The number of halogens is 2. The van der Waals surface area contributed by atoms with E-state index >= 15 is 0 Å². The lowest BCUT2D eigenvalue weighted by atomic mass is 10.2. The van der Waals surface area contributed by atoms with Crippen LogP contribution in [-0.2, 0) is 4.74 Å². The van der Waals surface area contributed by atoms with Crippen LogP contribution in [0, 0.1) is 0 Å². The van der Waals surface area contributed by atoms with Crippen LogP contribution in [0.4, 0.5) is 17.2 Å². The molecular weight excluding hydrogens is 346 g/mol. The number of hydrogen-bond donors (Lipinski definition) is 2. The van der Waals surface area contributed by atoms with Gasteiger partial charge in [0, 0.05) is 15.7 Å². The fraction of sp³-hybridized carbons (Fsp3) is 0.0769. The van der Waals surface area contributed by atoms with Crippen molar-refractivity contribution in [2.45, 2.75) is 0 Å². The van der Waals surface area contributed by atoms with E-state index < -0.39 is 5.97 Å². The molecule has 3 N–H and O–H groups in total. The predicted octanol–water partition coefficient (Wildman–Crippen LogP) is 3.61. The molecule has 2 aromatic rings. The molecule has 2 rings (SSSR count). The van der Waals surface area contributed by atoms with Gasteiger partial charge in [-0.05, 0) is 40.2 Å². The van der Waals surface area contributed by atoms with E-state index in [9.17, 15) is 4.79 Å². The Morgan fingerprint density at radius 3 is 2.90 bits per heavy atom. The number of nitrogens with zero attached hydrogens (tertiary/aromatic N) is 1. The van der Waals surface area contributed by atoms with Crippen LogP contribution < -0.4 is 11.1 Å². The van der Waals surface area contributed by atoms with Crippen molar-refractivity contribution in [3.05, 3.63) is 45.5 Å². The highest BCUT2D eigenvalue weighted by Gasteiger charge is 2.14. The molecule has 7 heteroatoms. The maximum absolute atomic E-state index is 11.6. The van der Waals surface area contributed by atoms with Crippen molar-refractivity contribution in [3.8, 4) is 0 Å². The average Bonchev–Trinajstić information content (AvgIpc) is 2.44. The van der Waals surface area contributed by atoms with Crippen LogP contribution in [0.2, 0.25) is 5.02 Å². The Morgan fingerprint density at radius 1 is 1.45 bits per heavy atom. The smallest absolute Gasteiger partial charge is 0.340 e. The van der Waals surface area contributed by atoms with Crippen molar-refractivity contribution in [1.29, 1.82) is 0 Å². The Balaban J connectivity index is 2.39. The monoisotopic (exact) mass is 355 g/mol. The standard InChI is InChI=1S/C13H11BrClN3O2/c1-20-13(19)8-4-5-17-12(11(8)16)18-10-6-7(15)2-3-9(10)14/h2-6H,16H2,1H3,(H,17,18). The predicted molar refractivity (Wildman–Crippen MR) is 82.4 cm³/mol. The molecule has 0 unspecified atom stereocenters. The number of carbonyl (C=O) groups excluding carboxylic acids is 1. The quantitative estimate of drug-likeness (QED) is 0.822. The molecule has 0 aliphatic heterocycles. The van der Waals surface area contributed by atoms with Crippen molar-refractivity contribution in [2.24, 2.45) is 0 Å². The second-order valence-electron chi connectivity index (χ2n) is 3.86. The SMILES string of the molecule is COC(=O)c1ccnc(Nc2cc(Cl)ccc2Br)c1N. The zero-order chi connectivity index (χ0) is 14.7. The fourth-order valence-corrected chi connectivity index (χ4v) is 2.10. The molecule has 0 radical (unpaired) electrons. The van der Waals surface area contributed by atoms with Gasteiger partial charge in [0.1, 0.15) is 0 Å². The number of ether oxygens (including phenoxy) is 1. The number of pyridine rings is 1. The van der Waals surface area contributed by atoms with Gasteiger partial charge in [0.15, 0.2) is 5.82 Å². The van der Waals surface area contributed by atoms with Gasteiger partial charge in [-0.3, -0.25) is 0 Å². The minimum absolute atomic E-state index is 0.214. The minimum Gasteiger partial charge on any atom is -0.465 e. The van der Waals surface area contributed by atoms with Crippen LogP contribution in [0.5, 0.6) is 0 Å². The van der Waals surface area contributed by atoms with E-state index in [2.05, 4.69) is 31.0 Å². The normalized spacial score (nSPS) is 10.2. The summed E-state index contributed by atoms with van der Waals surface area (Å²) < 4.78 is 5.46. The van der Waals surface area contributed by atoms with E-state index in [1.807, 2.05) is 0 Å². The molecule has 0 spiro atoms. The summed E-state index contributed by atoms with van der Waals surface area (Å²) in [6, 6.07) is 6.76. The molecule has 1 aromatic carbocycles. The zero-order valence-corrected chi connectivity index (χ0v) is 12.8. The Morgan fingerprint density at radius 2 is 2.20 bits per heavy atom. The Hall–Kier alpha value is -1.79. The van der Waals surface area contributed by atoms with E-state index in [1.165, 1.54) is 19.4 Å². The summed E-state index contributed by atoms with van der Waals surface area (Å²) in [5, 5.41) is 3.59. The first-order valence-corrected chi connectivity index (χ1v) is 6.75. The lowest BCUT2D eigenvalue weighted by Crippen LogP contribution is -2.09. The molecular formula is C13H11BrClN3O2. The molecule has 1 aromatic heterocycles. The lowest BCUT2D eigenvalue weighted by molar-refractivity contribution is 0.0602. The number of nitrogens with one attached hydrogen (secondary N) is 1. The molecule has 5 nitrogen and oxygen atoms in total. The highest BCUT2D eigenvalue weighted by Crippen LogP contribution is 2.31. The molecule has 0 saturated carbocycles. The molecule has 0 saturated heterocycles. The Labute approximate surface area is 129 Å². The highest BCUT2D eigenvalue weighted by molar-refractivity contribution is 9.10. The summed E-state index contributed by atoms with van der Waals surface area (Å²) in [5.74, 6) is -0.158. The van der Waals surface area contributed by atoms with Gasteiger partial charge in [-0.25, -0.2) is 9.78 Å². The van der Waals surface area contributed by atoms with Crippen LogP contribution in [0.25, 0.3) is 0 Å². The van der Waals surface area contributed by atoms with Crippen LogP contribution in [0.15, 0.2) is 34.9 Å². The first-order valence-electron chi connectivity index (χ1n) is 5.57.